The van der Waals surface area contributed by atoms with Crippen LogP contribution in [0, 0.1) is 16.7 Å². The van der Waals surface area contributed by atoms with Crippen molar-refractivity contribution in [3.05, 3.63) is 96.1 Å². The fourth-order valence-corrected chi connectivity index (χ4v) is 5.82. The van der Waals surface area contributed by atoms with Gasteiger partial charge in [-0.15, -0.1) is 0 Å². The molecule has 0 atom stereocenters. The molecule has 10 nitrogen and oxygen atoms in total. The highest BCUT2D eigenvalue weighted by molar-refractivity contribution is 5.93. The van der Waals surface area contributed by atoms with Crippen molar-refractivity contribution in [3.8, 4) is 28.6 Å². The molecule has 2 aliphatic heterocycles. The van der Waals surface area contributed by atoms with E-state index in [2.05, 4.69) is 49.0 Å². The number of fused-ring (bicyclic) bond motifs is 1. The number of carbonyl (C=O) groups is 1. The number of nitrogens with zero attached hydrogens (tertiary/aromatic N) is 8. The van der Waals surface area contributed by atoms with Gasteiger partial charge >= 0.3 is 0 Å². The van der Waals surface area contributed by atoms with Crippen molar-refractivity contribution in [1.29, 1.82) is 5.26 Å². The molecule has 1 amide bonds. The molecule has 0 unspecified atom stereocenters. The molecule has 0 radical (unpaired) electrons. The van der Waals surface area contributed by atoms with Crippen LogP contribution >= 0.6 is 0 Å². The van der Waals surface area contributed by atoms with Crippen molar-refractivity contribution in [2.75, 3.05) is 31.1 Å². The molecule has 0 saturated carbocycles. The maximum atomic E-state index is 11.7. The summed E-state index contributed by atoms with van der Waals surface area (Å²) in [5.74, 6) is 0.430. The summed E-state index contributed by atoms with van der Waals surface area (Å²) in [6, 6.07) is 25.5. The number of amides is 1. The summed E-state index contributed by atoms with van der Waals surface area (Å²) in [6.07, 6.45) is 1.64. The molecule has 1 spiro atoms. The maximum Gasteiger partial charge on any atom is 0.267 e. The summed E-state index contributed by atoms with van der Waals surface area (Å²) >= 11 is 0. The van der Waals surface area contributed by atoms with E-state index in [1.807, 2.05) is 42.5 Å². The van der Waals surface area contributed by atoms with E-state index in [0.717, 1.165) is 55.4 Å². The lowest BCUT2D eigenvalue weighted by Gasteiger charge is -2.60. The Kier molecular flexibility index (Phi) is 5.87. The van der Waals surface area contributed by atoms with Gasteiger partial charge in [0, 0.05) is 55.5 Å². The summed E-state index contributed by atoms with van der Waals surface area (Å²) in [5.41, 5.74) is 11.4. The number of primary amides is 1. The minimum absolute atomic E-state index is 0.159. The fourth-order valence-electron chi connectivity index (χ4n) is 5.82. The lowest BCUT2D eigenvalue weighted by atomic mass is 9.72. The maximum absolute atomic E-state index is 11.7. The van der Waals surface area contributed by atoms with Gasteiger partial charge < -0.3 is 10.6 Å². The molecule has 2 N–H and O–H groups in total. The summed E-state index contributed by atoms with van der Waals surface area (Å²) in [4.78, 5) is 38.7. The van der Waals surface area contributed by atoms with Crippen molar-refractivity contribution in [1.82, 2.24) is 29.8 Å². The van der Waals surface area contributed by atoms with Crippen LogP contribution in [-0.4, -0.2) is 61.9 Å². The summed E-state index contributed by atoms with van der Waals surface area (Å²) in [6.45, 7) is 4.82. The number of hydrogen-bond acceptors (Lipinski definition) is 9. The van der Waals surface area contributed by atoms with Crippen LogP contribution < -0.4 is 10.6 Å². The predicted molar refractivity (Wildman–Crippen MR) is 153 cm³/mol. The van der Waals surface area contributed by atoms with Gasteiger partial charge in [-0.3, -0.25) is 9.69 Å². The Morgan fingerprint density at radius 1 is 0.854 bits per heavy atom. The molecule has 2 saturated heterocycles. The average Bonchev–Trinajstić information content (AvgIpc) is 2.97. The molecule has 200 valence electrons. The number of benzene rings is 2. The number of nitrogens with two attached hydrogens (primary N) is 1. The van der Waals surface area contributed by atoms with Crippen molar-refractivity contribution < 1.29 is 4.79 Å². The molecule has 10 heteroatoms. The van der Waals surface area contributed by atoms with Crippen LogP contribution in [0.15, 0.2) is 79.0 Å². The van der Waals surface area contributed by atoms with Crippen molar-refractivity contribution >= 4 is 22.9 Å². The Bertz CT molecular complexity index is 1820. The molecule has 41 heavy (non-hydrogen) atoms. The van der Waals surface area contributed by atoms with Crippen molar-refractivity contribution in [2.24, 2.45) is 11.1 Å². The van der Waals surface area contributed by atoms with Gasteiger partial charge in [0.25, 0.3) is 5.91 Å². The number of likely N-dealkylation sites (tertiary alicyclic amines) is 1. The van der Waals surface area contributed by atoms with E-state index >= 15 is 0 Å². The van der Waals surface area contributed by atoms with Gasteiger partial charge in [-0.25, -0.2) is 24.9 Å². The van der Waals surface area contributed by atoms with E-state index in [1.54, 1.807) is 18.3 Å². The largest absolute Gasteiger partial charge is 0.364 e. The Hall–Kier alpha value is -5.27. The van der Waals surface area contributed by atoms with Crippen LogP contribution in [0.25, 0.3) is 33.7 Å². The number of carbonyl (C=O) groups excluding carboxylic acids is 1. The first kappa shape index (κ1) is 24.7. The van der Waals surface area contributed by atoms with Crippen LogP contribution in [0.4, 0.5) is 5.82 Å². The van der Waals surface area contributed by atoms with Gasteiger partial charge in [0.1, 0.15) is 23.1 Å². The second kappa shape index (κ2) is 9.73. The molecule has 0 aliphatic carbocycles. The standard InChI is InChI=1S/C31H25N9O/c32-14-25-34-13-12-26(37-25)40-18-31(19-40)16-39(17-31)15-20-6-8-22(9-7-20)28-27(21-4-2-1-3-5-21)35-24-11-10-23(29(33)41)36-30(24)38-28/h1-13H,15-19H2,(H2,33,41). The van der Waals surface area contributed by atoms with E-state index in [1.165, 1.54) is 5.56 Å². The Labute approximate surface area is 236 Å². The summed E-state index contributed by atoms with van der Waals surface area (Å²) in [7, 11) is 0. The van der Waals surface area contributed by atoms with Gasteiger partial charge in [-0.1, -0.05) is 54.6 Å². The number of pyridine rings is 1. The number of hydrogen-bond donors (Lipinski definition) is 1. The third-order valence-electron chi connectivity index (χ3n) is 7.70. The van der Waals surface area contributed by atoms with Crippen LogP contribution in [-0.2, 0) is 6.54 Å². The summed E-state index contributed by atoms with van der Waals surface area (Å²) in [5, 5.41) is 9.06. The van der Waals surface area contributed by atoms with E-state index in [-0.39, 0.29) is 11.5 Å². The predicted octanol–water partition coefficient (Wildman–Crippen LogP) is 3.44. The van der Waals surface area contributed by atoms with E-state index in [4.69, 9.17) is 21.0 Å². The lowest BCUT2D eigenvalue weighted by Crippen LogP contribution is -2.72. The zero-order chi connectivity index (χ0) is 28.0. The molecule has 5 aromatic rings. The number of rotatable bonds is 6. The second-order valence-electron chi connectivity index (χ2n) is 10.7. The Balaban J connectivity index is 1.08. The summed E-state index contributed by atoms with van der Waals surface area (Å²) < 4.78 is 0. The second-order valence-corrected chi connectivity index (χ2v) is 10.7. The molecule has 7 rings (SSSR count). The van der Waals surface area contributed by atoms with Gasteiger partial charge in [0.15, 0.2) is 5.65 Å². The normalized spacial score (nSPS) is 15.7. The van der Waals surface area contributed by atoms with E-state index < -0.39 is 5.91 Å². The molecular weight excluding hydrogens is 514 g/mol. The molecule has 2 aromatic carbocycles. The highest BCUT2D eigenvalue weighted by Gasteiger charge is 2.51. The topological polar surface area (TPSA) is 138 Å². The molecule has 2 aliphatic rings. The van der Waals surface area contributed by atoms with Crippen LogP contribution in [0.2, 0.25) is 0 Å². The number of nitriles is 1. The molecule has 3 aromatic heterocycles. The third kappa shape index (κ3) is 4.62. The highest BCUT2D eigenvalue weighted by Crippen LogP contribution is 2.42. The molecular formula is C31H25N9O. The van der Waals surface area contributed by atoms with E-state index in [9.17, 15) is 4.79 Å². The first-order chi connectivity index (χ1) is 20.0. The zero-order valence-electron chi connectivity index (χ0n) is 22.1. The van der Waals surface area contributed by atoms with Gasteiger partial charge in [-0.05, 0) is 23.8 Å². The van der Waals surface area contributed by atoms with Gasteiger partial charge in [-0.2, -0.15) is 5.26 Å². The van der Waals surface area contributed by atoms with Gasteiger partial charge in [0.05, 0.1) is 11.4 Å². The molecule has 5 heterocycles. The Morgan fingerprint density at radius 2 is 1.59 bits per heavy atom. The van der Waals surface area contributed by atoms with Crippen molar-refractivity contribution in [3.63, 3.8) is 0 Å². The average molecular weight is 540 g/mol. The molecule has 2 fully saturated rings. The zero-order valence-corrected chi connectivity index (χ0v) is 22.1. The monoisotopic (exact) mass is 539 g/mol. The first-order valence-corrected chi connectivity index (χ1v) is 13.3. The third-order valence-corrected chi connectivity index (χ3v) is 7.70. The number of aromatic nitrogens is 5. The highest BCUT2D eigenvalue weighted by atomic mass is 16.1. The van der Waals surface area contributed by atoms with Crippen LogP contribution in [0.5, 0.6) is 0 Å². The Morgan fingerprint density at radius 3 is 2.32 bits per heavy atom. The van der Waals surface area contributed by atoms with Gasteiger partial charge in [0.2, 0.25) is 5.82 Å². The minimum Gasteiger partial charge on any atom is -0.364 e. The first-order valence-electron chi connectivity index (χ1n) is 13.3. The quantitative estimate of drug-likeness (QED) is 0.344. The van der Waals surface area contributed by atoms with Crippen molar-refractivity contribution in [2.45, 2.75) is 6.54 Å². The molecule has 0 bridgehead atoms. The number of anilines is 1. The SMILES string of the molecule is N#Cc1nccc(N2CC3(CN(Cc4ccc(-c5nc6nc(C(N)=O)ccc6nc5-c5ccccc5)cc4)C3)C2)n1. The minimum atomic E-state index is -0.601. The van der Waals surface area contributed by atoms with Crippen LogP contribution in [0.1, 0.15) is 21.9 Å². The smallest absolute Gasteiger partial charge is 0.267 e. The van der Waals surface area contributed by atoms with E-state index in [0.29, 0.717) is 22.3 Å². The lowest BCUT2D eigenvalue weighted by molar-refractivity contribution is -0.0276. The van der Waals surface area contributed by atoms with Crippen LogP contribution in [0.3, 0.4) is 0 Å². The fraction of sp³-hybridized carbons (Fsp3) is 0.194.